The molecule has 4 aromatic rings. The molecule has 0 saturated carbocycles. The molecule has 0 aliphatic carbocycles. The van der Waals surface area contributed by atoms with Crippen molar-refractivity contribution in [1.29, 1.82) is 0 Å². The molecule has 0 aliphatic rings. The number of hydrogen-bond donors (Lipinski definition) is 2. The first-order valence-electron chi connectivity index (χ1n) is 9.37. The van der Waals surface area contributed by atoms with Gasteiger partial charge in [-0.15, -0.1) is 0 Å². The predicted molar refractivity (Wildman–Crippen MR) is 114 cm³/mol. The molecule has 0 aromatic heterocycles. The minimum Gasteiger partial charge on any atom is -0.503 e. The van der Waals surface area contributed by atoms with Crippen LogP contribution in [0.4, 0.5) is 22.0 Å². The SMILES string of the molecule is O[Si](c1ccccc1)(c1ccccc1)c1ccccc1.Oc1c(F)c(F)c(F)c(F)c1F.[Zn]. The maximum Gasteiger partial charge on any atom is 0.285 e. The standard InChI is InChI=1S/C18H16OSi.C6HF5O.Zn/c19-20(16-10-4-1-5-11-16,17-12-6-2-7-13-17)18-14-8-3-9-15-18;7-1-2(8)4(10)6(12)5(11)3(1)9;/h1-15,19H;12H;. The van der Waals surface area contributed by atoms with Gasteiger partial charge in [-0.3, -0.25) is 0 Å². The van der Waals surface area contributed by atoms with E-state index in [9.17, 15) is 26.7 Å². The fourth-order valence-electron chi connectivity index (χ4n) is 3.13. The Morgan fingerprint density at radius 2 is 0.697 bits per heavy atom. The molecule has 0 aliphatic heterocycles. The number of hydrogen-bond acceptors (Lipinski definition) is 2. The second-order valence-electron chi connectivity index (χ2n) is 6.73. The van der Waals surface area contributed by atoms with Crippen molar-refractivity contribution in [2.45, 2.75) is 0 Å². The Bertz CT molecular complexity index is 994. The van der Waals surface area contributed by atoms with E-state index in [4.69, 9.17) is 5.11 Å². The zero-order valence-corrected chi connectivity index (χ0v) is 21.1. The number of rotatable bonds is 3. The molecule has 0 fully saturated rings. The summed E-state index contributed by atoms with van der Waals surface area (Å²) in [5.74, 6) is -12.9. The maximum atomic E-state index is 12.2. The summed E-state index contributed by atoms with van der Waals surface area (Å²) in [7, 11) is -2.88. The summed E-state index contributed by atoms with van der Waals surface area (Å²) in [6.45, 7) is 0. The van der Waals surface area contributed by atoms with E-state index in [-0.39, 0.29) is 19.5 Å². The van der Waals surface area contributed by atoms with E-state index in [1.54, 1.807) is 0 Å². The molecule has 2 N–H and O–H groups in total. The maximum absolute atomic E-state index is 12.2. The van der Waals surface area contributed by atoms with Gasteiger partial charge in [-0.2, -0.15) is 8.78 Å². The van der Waals surface area contributed by atoms with Gasteiger partial charge in [-0.25, -0.2) is 13.2 Å². The van der Waals surface area contributed by atoms with Crippen molar-refractivity contribution >= 4 is 23.9 Å². The molecule has 4 aromatic carbocycles. The monoisotopic (exact) mass is 524 g/mol. The first-order valence-corrected chi connectivity index (χ1v) is 11.3. The predicted octanol–water partition coefficient (Wildman–Crippen LogP) is 3.73. The summed E-state index contributed by atoms with van der Waals surface area (Å²) in [6.07, 6.45) is 0. The summed E-state index contributed by atoms with van der Waals surface area (Å²) in [6, 6.07) is 30.0. The van der Waals surface area contributed by atoms with Crippen LogP contribution in [0.3, 0.4) is 0 Å². The Morgan fingerprint density at radius 1 is 0.455 bits per heavy atom. The number of phenolic OH excluding ortho intramolecular Hbond substituents is 1. The Morgan fingerprint density at radius 3 is 0.970 bits per heavy atom. The van der Waals surface area contributed by atoms with Gasteiger partial charge in [0.1, 0.15) is 0 Å². The van der Waals surface area contributed by atoms with Crippen molar-refractivity contribution < 1.29 is 51.3 Å². The van der Waals surface area contributed by atoms with Gasteiger partial charge in [-0.05, 0) is 15.6 Å². The smallest absolute Gasteiger partial charge is 0.285 e. The Kier molecular flexibility index (Phi) is 9.05. The van der Waals surface area contributed by atoms with Gasteiger partial charge in [0.15, 0.2) is 5.75 Å². The van der Waals surface area contributed by atoms with Crippen LogP contribution in [-0.4, -0.2) is 18.2 Å². The zero-order chi connectivity index (χ0) is 23.3. The van der Waals surface area contributed by atoms with Crippen LogP contribution in [0.5, 0.6) is 5.75 Å². The van der Waals surface area contributed by atoms with E-state index in [0.717, 1.165) is 15.6 Å². The molecular weight excluding hydrogens is 509 g/mol. The molecule has 0 heterocycles. The molecule has 0 radical (unpaired) electrons. The summed E-state index contributed by atoms with van der Waals surface area (Å²) < 4.78 is 60.6. The molecule has 0 spiro atoms. The second kappa shape index (κ2) is 11.3. The van der Waals surface area contributed by atoms with Crippen LogP contribution in [0.1, 0.15) is 0 Å². The Balaban J connectivity index is 0.000000257. The van der Waals surface area contributed by atoms with Gasteiger partial charge >= 0.3 is 0 Å². The molecule has 0 unspecified atom stereocenters. The van der Waals surface area contributed by atoms with Crippen LogP contribution in [0.15, 0.2) is 91.0 Å². The molecule has 33 heavy (non-hydrogen) atoms. The van der Waals surface area contributed by atoms with Crippen LogP contribution < -0.4 is 15.6 Å². The third-order valence-electron chi connectivity index (χ3n) is 4.76. The van der Waals surface area contributed by atoms with Crippen molar-refractivity contribution in [1.82, 2.24) is 0 Å². The molecule has 0 atom stereocenters. The van der Waals surface area contributed by atoms with Crippen LogP contribution in [0, 0.1) is 29.1 Å². The minimum absolute atomic E-state index is 0. The minimum atomic E-state index is -2.88. The van der Waals surface area contributed by atoms with E-state index in [0.29, 0.717) is 0 Å². The van der Waals surface area contributed by atoms with Crippen molar-refractivity contribution in [3.8, 4) is 5.75 Å². The van der Waals surface area contributed by atoms with Crippen LogP contribution in [0.25, 0.3) is 0 Å². The quantitative estimate of drug-likeness (QED) is 0.141. The number of phenols is 1. The Hall–Kier alpha value is -2.87. The average Bonchev–Trinajstić information content (AvgIpc) is 2.86. The van der Waals surface area contributed by atoms with Gasteiger partial charge in [0.05, 0.1) is 0 Å². The molecule has 0 bridgehead atoms. The van der Waals surface area contributed by atoms with Crippen molar-refractivity contribution in [2.24, 2.45) is 0 Å². The van der Waals surface area contributed by atoms with E-state index in [1.807, 2.05) is 91.0 Å². The summed E-state index contributed by atoms with van der Waals surface area (Å²) in [4.78, 5) is 11.6. The molecule has 2 nitrogen and oxygen atoms in total. The number of aromatic hydroxyl groups is 1. The molecule has 0 saturated heterocycles. The molecule has 4 rings (SSSR count). The van der Waals surface area contributed by atoms with Crippen LogP contribution in [0.2, 0.25) is 0 Å². The van der Waals surface area contributed by atoms with Gasteiger partial charge in [-0.1, -0.05) is 91.0 Å². The van der Waals surface area contributed by atoms with Gasteiger partial charge in [0, 0.05) is 19.5 Å². The van der Waals surface area contributed by atoms with E-state index in [1.165, 1.54) is 0 Å². The van der Waals surface area contributed by atoms with E-state index >= 15 is 0 Å². The van der Waals surface area contributed by atoms with Crippen molar-refractivity contribution in [2.75, 3.05) is 0 Å². The van der Waals surface area contributed by atoms with Crippen molar-refractivity contribution in [3.05, 3.63) is 120 Å². The topological polar surface area (TPSA) is 40.5 Å². The Labute approximate surface area is 200 Å². The molecule has 0 amide bonds. The van der Waals surface area contributed by atoms with Gasteiger partial charge in [0.2, 0.25) is 29.1 Å². The van der Waals surface area contributed by atoms with Crippen molar-refractivity contribution in [3.63, 3.8) is 0 Å². The summed E-state index contributed by atoms with van der Waals surface area (Å²) in [5, 5.41) is 11.3. The molecular formula is C24H17F5O2SiZn. The van der Waals surface area contributed by atoms with Gasteiger partial charge < -0.3 is 9.90 Å². The third-order valence-corrected chi connectivity index (χ3v) is 8.27. The first-order chi connectivity index (χ1) is 15.3. The van der Waals surface area contributed by atoms with E-state index < -0.39 is 43.2 Å². The molecule has 9 heteroatoms. The van der Waals surface area contributed by atoms with E-state index in [2.05, 4.69) is 0 Å². The normalized spacial score (nSPS) is 10.6. The van der Waals surface area contributed by atoms with Crippen LogP contribution in [-0.2, 0) is 19.5 Å². The number of benzene rings is 4. The fourth-order valence-corrected chi connectivity index (χ4v) is 6.16. The largest absolute Gasteiger partial charge is 0.503 e. The average molecular weight is 526 g/mol. The summed E-state index contributed by atoms with van der Waals surface area (Å²) in [5.41, 5.74) is 0. The first kappa shape index (κ1) is 26.4. The number of halogens is 5. The van der Waals surface area contributed by atoms with Crippen LogP contribution >= 0.6 is 0 Å². The van der Waals surface area contributed by atoms with Gasteiger partial charge in [0.25, 0.3) is 8.32 Å². The third kappa shape index (κ3) is 5.38. The summed E-state index contributed by atoms with van der Waals surface area (Å²) >= 11 is 0. The fraction of sp³-hybridized carbons (Fsp3) is 0. The molecule has 166 valence electrons. The zero-order valence-electron chi connectivity index (χ0n) is 17.2. The second-order valence-corrected chi connectivity index (χ2v) is 9.88.